The zero-order valence-electron chi connectivity index (χ0n) is 16.4. The minimum absolute atomic E-state index is 0.131. The molecule has 2 amide bonds. The van der Waals surface area contributed by atoms with E-state index in [1.807, 2.05) is 17.5 Å². The molecule has 5 nitrogen and oxygen atoms in total. The van der Waals surface area contributed by atoms with Gasteiger partial charge in [-0.15, -0.1) is 11.3 Å². The molecule has 0 saturated heterocycles. The number of carbonyl (C=O) groups is 2. The molecule has 2 heterocycles. The first-order valence-corrected chi connectivity index (χ1v) is 10.9. The number of nitrogens with one attached hydrogen (secondary N) is 1. The van der Waals surface area contributed by atoms with Crippen LogP contribution in [0.3, 0.4) is 0 Å². The Labute approximate surface area is 178 Å². The molecule has 3 aromatic rings. The topological polar surface area (TPSA) is 62.6 Å². The zero-order chi connectivity index (χ0) is 20.9. The summed E-state index contributed by atoms with van der Waals surface area (Å²) >= 11 is 1.43. The molecule has 0 bridgehead atoms. The molecule has 1 fully saturated rings. The van der Waals surface area contributed by atoms with Gasteiger partial charge in [0.15, 0.2) is 5.76 Å². The van der Waals surface area contributed by atoms with Gasteiger partial charge in [-0.3, -0.25) is 9.59 Å². The molecule has 1 atom stereocenters. The molecule has 1 aliphatic carbocycles. The first kappa shape index (κ1) is 20.3. The second-order valence-electron chi connectivity index (χ2n) is 7.44. The Morgan fingerprint density at radius 3 is 2.53 bits per heavy atom. The number of carbonyl (C=O) groups excluding carboxylic acids is 2. The maximum atomic E-state index is 13.4. The van der Waals surface area contributed by atoms with Gasteiger partial charge >= 0.3 is 0 Å². The molecule has 156 valence electrons. The van der Waals surface area contributed by atoms with E-state index in [9.17, 15) is 14.0 Å². The third kappa shape index (κ3) is 4.62. The zero-order valence-corrected chi connectivity index (χ0v) is 17.2. The lowest BCUT2D eigenvalue weighted by atomic mass is 10.1. The average molecular weight is 427 g/mol. The van der Waals surface area contributed by atoms with Crippen LogP contribution in [0.1, 0.15) is 52.7 Å². The molecular weight excluding hydrogens is 403 g/mol. The Bertz CT molecular complexity index is 965. The molecule has 1 N–H and O–H groups in total. The first-order valence-electron chi connectivity index (χ1n) is 10.0. The number of benzene rings is 1. The Morgan fingerprint density at radius 2 is 1.90 bits per heavy atom. The van der Waals surface area contributed by atoms with Crippen molar-refractivity contribution >= 4 is 23.2 Å². The van der Waals surface area contributed by atoms with Crippen molar-refractivity contribution in [3.05, 3.63) is 82.2 Å². The summed E-state index contributed by atoms with van der Waals surface area (Å²) in [6, 6.07) is 12.2. The summed E-state index contributed by atoms with van der Waals surface area (Å²) in [4.78, 5) is 29.0. The summed E-state index contributed by atoms with van der Waals surface area (Å²) in [5.41, 5.74) is 0.728. The van der Waals surface area contributed by atoms with Gasteiger partial charge in [0.2, 0.25) is 5.91 Å². The fraction of sp³-hybridized carbons (Fsp3) is 0.304. The van der Waals surface area contributed by atoms with Crippen LogP contribution in [0.4, 0.5) is 4.39 Å². The first-order chi connectivity index (χ1) is 14.6. The number of hydrogen-bond acceptors (Lipinski definition) is 4. The number of furan rings is 1. The van der Waals surface area contributed by atoms with Crippen LogP contribution >= 0.6 is 11.3 Å². The van der Waals surface area contributed by atoms with Gasteiger partial charge < -0.3 is 14.6 Å². The minimum Gasteiger partial charge on any atom is -0.459 e. The van der Waals surface area contributed by atoms with Crippen LogP contribution in [-0.2, 0) is 11.3 Å². The predicted octanol–water partition coefficient (Wildman–Crippen LogP) is 4.92. The van der Waals surface area contributed by atoms with Crippen molar-refractivity contribution in [1.29, 1.82) is 0 Å². The van der Waals surface area contributed by atoms with Crippen LogP contribution in [0.2, 0.25) is 0 Å². The summed E-state index contributed by atoms with van der Waals surface area (Å²) in [7, 11) is 0. The van der Waals surface area contributed by atoms with E-state index in [2.05, 4.69) is 5.32 Å². The normalized spacial score (nSPS) is 15.1. The summed E-state index contributed by atoms with van der Waals surface area (Å²) in [5, 5.41) is 5.01. The molecule has 0 aliphatic heterocycles. The summed E-state index contributed by atoms with van der Waals surface area (Å²) in [6.07, 6.45) is 5.53. The molecular formula is C23H23FN2O3S. The second kappa shape index (κ2) is 9.26. The predicted molar refractivity (Wildman–Crippen MR) is 112 cm³/mol. The van der Waals surface area contributed by atoms with E-state index >= 15 is 0 Å². The lowest BCUT2D eigenvalue weighted by molar-refractivity contribution is -0.126. The van der Waals surface area contributed by atoms with E-state index in [4.69, 9.17) is 4.42 Å². The smallest absolute Gasteiger partial charge is 0.290 e. The number of thiophene rings is 1. The molecule has 0 spiro atoms. The van der Waals surface area contributed by atoms with Crippen LogP contribution in [0, 0.1) is 5.82 Å². The maximum absolute atomic E-state index is 13.4. The lowest BCUT2D eigenvalue weighted by Gasteiger charge is -2.31. The Balaban J connectivity index is 1.68. The molecule has 1 saturated carbocycles. The van der Waals surface area contributed by atoms with Gasteiger partial charge in [-0.2, -0.15) is 0 Å². The fourth-order valence-corrected chi connectivity index (χ4v) is 4.66. The largest absolute Gasteiger partial charge is 0.459 e. The Hall–Kier alpha value is -2.93. The van der Waals surface area contributed by atoms with Crippen molar-refractivity contribution in [1.82, 2.24) is 10.2 Å². The quantitative estimate of drug-likeness (QED) is 0.583. The Kier molecular flexibility index (Phi) is 6.28. The van der Waals surface area contributed by atoms with E-state index in [-0.39, 0.29) is 36.0 Å². The number of hydrogen-bond donors (Lipinski definition) is 1. The number of nitrogens with zero attached hydrogens (tertiary/aromatic N) is 1. The van der Waals surface area contributed by atoms with Gasteiger partial charge in [-0.25, -0.2) is 4.39 Å². The van der Waals surface area contributed by atoms with E-state index in [1.165, 1.54) is 34.6 Å². The number of halogens is 1. The van der Waals surface area contributed by atoms with Crippen molar-refractivity contribution in [3.63, 3.8) is 0 Å². The van der Waals surface area contributed by atoms with Gasteiger partial charge in [0.1, 0.15) is 11.9 Å². The summed E-state index contributed by atoms with van der Waals surface area (Å²) in [6.45, 7) is 0.153. The van der Waals surface area contributed by atoms with E-state index in [0.717, 1.165) is 36.1 Å². The number of amides is 2. The lowest BCUT2D eigenvalue weighted by Crippen LogP contribution is -2.45. The van der Waals surface area contributed by atoms with Gasteiger partial charge in [0.25, 0.3) is 5.91 Å². The molecule has 7 heteroatoms. The fourth-order valence-electron chi connectivity index (χ4n) is 3.83. The van der Waals surface area contributed by atoms with Crippen molar-refractivity contribution in [3.8, 4) is 0 Å². The Morgan fingerprint density at radius 1 is 1.13 bits per heavy atom. The van der Waals surface area contributed by atoms with Crippen LogP contribution in [-0.4, -0.2) is 22.8 Å². The molecule has 0 radical (unpaired) electrons. The maximum Gasteiger partial charge on any atom is 0.290 e. The van der Waals surface area contributed by atoms with E-state index in [1.54, 1.807) is 24.3 Å². The molecule has 4 rings (SSSR count). The van der Waals surface area contributed by atoms with Crippen LogP contribution in [0.5, 0.6) is 0 Å². The summed E-state index contributed by atoms with van der Waals surface area (Å²) < 4.78 is 18.7. The van der Waals surface area contributed by atoms with Gasteiger partial charge in [-0.1, -0.05) is 31.0 Å². The SMILES string of the molecule is O=C(NC1CCCC1)[C@H](c1cccs1)N(Cc1ccc(F)cc1)C(=O)c1ccco1. The monoisotopic (exact) mass is 426 g/mol. The molecule has 2 aromatic heterocycles. The number of rotatable bonds is 7. The molecule has 1 aliphatic rings. The van der Waals surface area contributed by atoms with Crippen LogP contribution in [0.25, 0.3) is 0 Å². The third-order valence-corrected chi connectivity index (χ3v) is 6.26. The van der Waals surface area contributed by atoms with Crippen molar-refractivity contribution in [2.45, 2.75) is 44.3 Å². The van der Waals surface area contributed by atoms with Crippen molar-refractivity contribution in [2.75, 3.05) is 0 Å². The average Bonchev–Trinajstić information content (AvgIpc) is 3.52. The highest BCUT2D eigenvalue weighted by Gasteiger charge is 2.35. The van der Waals surface area contributed by atoms with Gasteiger partial charge in [0, 0.05) is 17.5 Å². The van der Waals surface area contributed by atoms with Gasteiger partial charge in [-0.05, 0) is 54.1 Å². The van der Waals surface area contributed by atoms with Crippen LogP contribution in [0.15, 0.2) is 64.6 Å². The van der Waals surface area contributed by atoms with Crippen molar-refractivity contribution < 1.29 is 18.4 Å². The molecule has 0 unspecified atom stereocenters. The van der Waals surface area contributed by atoms with E-state index < -0.39 is 6.04 Å². The minimum atomic E-state index is -0.798. The second-order valence-corrected chi connectivity index (χ2v) is 8.42. The van der Waals surface area contributed by atoms with Crippen LogP contribution < -0.4 is 5.32 Å². The molecule has 1 aromatic carbocycles. The highest BCUT2D eigenvalue weighted by molar-refractivity contribution is 7.10. The standard InChI is InChI=1S/C23H23FN2O3S/c24-17-11-9-16(10-12-17)15-26(23(28)19-7-3-13-29-19)21(20-8-4-14-30-20)22(27)25-18-5-1-2-6-18/h3-4,7-14,18,21H,1-2,5-6,15H2,(H,25,27)/t21-/m0/s1. The highest BCUT2D eigenvalue weighted by atomic mass is 32.1. The summed E-state index contributed by atoms with van der Waals surface area (Å²) in [5.74, 6) is -0.778. The van der Waals surface area contributed by atoms with Gasteiger partial charge in [0.05, 0.1) is 6.26 Å². The van der Waals surface area contributed by atoms with E-state index in [0.29, 0.717) is 0 Å². The third-order valence-electron chi connectivity index (χ3n) is 5.33. The van der Waals surface area contributed by atoms with Crippen molar-refractivity contribution in [2.24, 2.45) is 0 Å². The highest BCUT2D eigenvalue weighted by Crippen LogP contribution is 2.30. The molecule has 30 heavy (non-hydrogen) atoms.